The number of ether oxygens (including phenoxy) is 1. The molecule has 0 atom stereocenters. The van der Waals surface area contributed by atoms with E-state index < -0.39 is 16.1 Å². The first kappa shape index (κ1) is 23.9. The number of rotatable bonds is 4. The van der Waals surface area contributed by atoms with Crippen LogP contribution in [0.15, 0.2) is 60.8 Å². The first-order chi connectivity index (χ1) is 12.6. The zero-order valence-electron chi connectivity index (χ0n) is 15.0. The van der Waals surface area contributed by atoms with Crippen LogP contribution in [0.5, 0.6) is 0 Å². The minimum absolute atomic E-state index is 0.00815. The number of likely N-dealkylation sites (tertiary alicyclic amines) is 1. The Hall–Kier alpha value is -3.14. The van der Waals surface area contributed by atoms with Crippen molar-refractivity contribution in [1.29, 1.82) is 0 Å². The minimum atomic E-state index is -3.78. The number of carbonyl (C=O) groups excluding carboxylic acids is 3. The Morgan fingerprint density at radius 2 is 1.85 bits per heavy atom. The van der Waals surface area contributed by atoms with Crippen molar-refractivity contribution in [2.24, 2.45) is 5.73 Å². The number of esters is 1. The van der Waals surface area contributed by atoms with Crippen LogP contribution in [0.2, 0.25) is 0 Å². The summed E-state index contributed by atoms with van der Waals surface area (Å²) in [6.07, 6.45) is 4.38. The van der Waals surface area contributed by atoms with E-state index in [1.54, 1.807) is 34.0 Å². The Morgan fingerprint density at radius 3 is 2.15 bits per heavy atom. The van der Waals surface area contributed by atoms with Crippen LogP contribution in [0.4, 0.5) is 4.79 Å². The second-order valence-corrected chi connectivity index (χ2v) is 6.61. The molecule has 3 N–H and O–H groups in total. The van der Waals surface area contributed by atoms with Crippen LogP contribution in [0.1, 0.15) is 19.8 Å². The number of nitrogens with one attached hydrogen (secondary N) is 1. The molecule has 1 fully saturated rings. The number of carbonyl (C=O) groups is 3. The van der Waals surface area contributed by atoms with Gasteiger partial charge in [-0.1, -0.05) is 31.4 Å². The lowest BCUT2D eigenvalue weighted by Gasteiger charge is -2.05. The highest BCUT2D eigenvalue weighted by atomic mass is 32.2. The van der Waals surface area contributed by atoms with Gasteiger partial charge in [-0.15, -0.1) is 0 Å². The van der Waals surface area contributed by atoms with E-state index in [4.69, 9.17) is 0 Å². The number of nitrogens with zero attached hydrogens (tertiary/aromatic N) is 1. The normalized spacial score (nSPS) is 12.5. The van der Waals surface area contributed by atoms with Gasteiger partial charge in [0.25, 0.3) is 10.0 Å². The van der Waals surface area contributed by atoms with Crippen LogP contribution < -0.4 is 10.5 Å². The van der Waals surface area contributed by atoms with Gasteiger partial charge in [0, 0.05) is 19.9 Å². The summed E-state index contributed by atoms with van der Waals surface area (Å²) in [6, 6.07) is 6.41. The van der Waals surface area contributed by atoms with Gasteiger partial charge >= 0.3 is 12.0 Å². The molecule has 3 amide bonds. The van der Waals surface area contributed by atoms with Crippen LogP contribution in [0, 0.1) is 0 Å². The monoisotopic (exact) mass is 397 g/mol. The summed E-state index contributed by atoms with van der Waals surface area (Å²) in [4.78, 5) is 32.4. The summed E-state index contributed by atoms with van der Waals surface area (Å²) >= 11 is 0. The molecule has 2 rings (SSSR count). The summed E-state index contributed by atoms with van der Waals surface area (Å²) in [6.45, 7) is 8.84. The molecule has 0 aromatic heterocycles. The Kier molecular flexibility index (Phi) is 10.8. The van der Waals surface area contributed by atoms with E-state index in [9.17, 15) is 22.8 Å². The molecule has 1 aromatic rings. The summed E-state index contributed by atoms with van der Waals surface area (Å²) in [7, 11) is -3.78. The zero-order chi connectivity index (χ0) is 20.9. The first-order valence-electron chi connectivity index (χ1n) is 7.71. The lowest BCUT2D eigenvalue weighted by Crippen LogP contribution is -2.34. The number of hydrogen-bond donors (Lipinski definition) is 2. The molecule has 1 aliphatic heterocycles. The van der Waals surface area contributed by atoms with Gasteiger partial charge in [-0.25, -0.2) is 17.9 Å². The largest absolute Gasteiger partial charge is 0.435 e. The molecule has 10 heteroatoms. The molecule has 0 bridgehead atoms. The second-order valence-electron chi connectivity index (χ2n) is 4.93. The third kappa shape index (κ3) is 10.4. The average molecular weight is 397 g/mol. The highest BCUT2D eigenvalue weighted by Crippen LogP contribution is 2.08. The molecule has 0 unspecified atom stereocenters. The molecule has 0 saturated carbocycles. The Balaban J connectivity index is 0.000000413. The molecule has 1 heterocycles. The highest BCUT2D eigenvalue weighted by molar-refractivity contribution is 7.90. The maximum absolute atomic E-state index is 11.2. The third-order valence-corrected chi connectivity index (χ3v) is 4.23. The van der Waals surface area contributed by atoms with Gasteiger partial charge in [0.05, 0.1) is 11.2 Å². The van der Waals surface area contributed by atoms with E-state index in [0.717, 1.165) is 19.2 Å². The van der Waals surface area contributed by atoms with E-state index in [1.165, 1.54) is 19.1 Å². The Morgan fingerprint density at radius 1 is 1.26 bits per heavy atom. The predicted molar refractivity (Wildman–Crippen MR) is 99.5 cm³/mol. The van der Waals surface area contributed by atoms with Crippen molar-refractivity contribution in [3.05, 3.63) is 56.0 Å². The summed E-state index contributed by atoms with van der Waals surface area (Å²) in [5.41, 5.74) is 4.69. The van der Waals surface area contributed by atoms with Gasteiger partial charge in [0.15, 0.2) is 0 Å². The van der Waals surface area contributed by atoms with Gasteiger partial charge in [-0.3, -0.25) is 9.59 Å². The number of benzene rings is 1. The minimum Gasteiger partial charge on any atom is -0.435 e. The van der Waals surface area contributed by atoms with Crippen LogP contribution >= 0.6 is 0 Å². The summed E-state index contributed by atoms with van der Waals surface area (Å²) in [5, 5.41) is 0. The third-order valence-electron chi connectivity index (χ3n) is 2.87. The molecular formula is C17H23N3O6S. The van der Waals surface area contributed by atoms with Crippen LogP contribution in [-0.2, 0) is 24.3 Å². The molecule has 0 spiro atoms. The Labute approximate surface area is 158 Å². The van der Waals surface area contributed by atoms with Crippen molar-refractivity contribution < 1.29 is 27.5 Å². The standard InChI is InChI=1S/C7H8N2O3S.C6H9NO.C4H6O2/c8-7(10)9-13(11,12)6-4-2-1-3-5-6;1-2-7-5-3-4-6(7)8;1-3-6-4(2)5/h1-5H,(H3,8,9,10);2H,1,3-5H2;3H,1H2,2H3. The number of urea groups is 1. The van der Waals surface area contributed by atoms with Crippen molar-refractivity contribution in [3.8, 4) is 0 Å². The fourth-order valence-corrected chi connectivity index (χ4v) is 2.67. The number of hydrogen-bond acceptors (Lipinski definition) is 6. The molecular weight excluding hydrogens is 374 g/mol. The first-order valence-corrected chi connectivity index (χ1v) is 9.19. The van der Waals surface area contributed by atoms with E-state index in [-0.39, 0.29) is 16.8 Å². The highest BCUT2D eigenvalue weighted by Gasteiger charge is 2.16. The quantitative estimate of drug-likeness (QED) is 0.583. The number of nitrogens with two attached hydrogens (primary N) is 1. The lowest BCUT2D eigenvalue weighted by molar-refractivity contribution is -0.135. The zero-order valence-corrected chi connectivity index (χ0v) is 15.8. The molecule has 148 valence electrons. The maximum Gasteiger partial charge on any atom is 0.326 e. The number of amides is 3. The van der Waals surface area contributed by atoms with Gasteiger partial charge in [0.1, 0.15) is 0 Å². The van der Waals surface area contributed by atoms with Gasteiger partial charge < -0.3 is 15.4 Å². The van der Waals surface area contributed by atoms with E-state index in [2.05, 4.69) is 23.6 Å². The van der Waals surface area contributed by atoms with Crippen LogP contribution in [-0.4, -0.2) is 37.8 Å². The van der Waals surface area contributed by atoms with Gasteiger partial charge in [-0.05, 0) is 24.8 Å². The molecule has 0 radical (unpaired) electrons. The fourth-order valence-electron chi connectivity index (χ4n) is 1.77. The molecule has 1 aliphatic rings. The van der Waals surface area contributed by atoms with E-state index >= 15 is 0 Å². The molecule has 9 nitrogen and oxygen atoms in total. The SMILES string of the molecule is C=CN1CCCC1=O.C=COC(C)=O.NC(=O)NS(=O)(=O)c1ccccc1. The smallest absolute Gasteiger partial charge is 0.326 e. The number of sulfonamides is 1. The molecule has 0 aliphatic carbocycles. The topological polar surface area (TPSA) is 136 Å². The average Bonchev–Trinajstić information content (AvgIpc) is 3.01. The Bertz CT molecular complexity index is 762. The van der Waals surface area contributed by atoms with Crippen molar-refractivity contribution in [3.63, 3.8) is 0 Å². The predicted octanol–water partition coefficient (Wildman–Crippen LogP) is 1.49. The van der Waals surface area contributed by atoms with Crippen molar-refractivity contribution >= 4 is 27.9 Å². The van der Waals surface area contributed by atoms with Gasteiger partial charge in [-0.2, -0.15) is 0 Å². The molecule has 1 saturated heterocycles. The molecule has 27 heavy (non-hydrogen) atoms. The van der Waals surface area contributed by atoms with Crippen molar-refractivity contribution in [2.75, 3.05) is 6.54 Å². The fraction of sp³-hybridized carbons (Fsp3) is 0.235. The van der Waals surface area contributed by atoms with E-state index in [0.29, 0.717) is 6.42 Å². The maximum atomic E-state index is 11.2. The number of primary amides is 1. The van der Waals surface area contributed by atoms with E-state index in [1.807, 2.05) is 0 Å². The van der Waals surface area contributed by atoms with Crippen LogP contribution in [0.25, 0.3) is 0 Å². The van der Waals surface area contributed by atoms with Crippen molar-refractivity contribution in [2.45, 2.75) is 24.7 Å². The second kappa shape index (κ2) is 12.3. The van der Waals surface area contributed by atoms with Crippen LogP contribution in [0.3, 0.4) is 0 Å². The van der Waals surface area contributed by atoms with Crippen molar-refractivity contribution in [1.82, 2.24) is 9.62 Å². The summed E-state index contributed by atoms with van der Waals surface area (Å²) < 4.78 is 28.3. The summed E-state index contributed by atoms with van der Waals surface area (Å²) in [5.74, 6) is -0.120. The van der Waals surface area contributed by atoms with Gasteiger partial charge in [0.2, 0.25) is 5.91 Å². The lowest BCUT2D eigenvalue weighted by atomic mass is 10.4. The molecule has 1 aromatic carbocycles.